The zero-order valence-corrected chi connectivity index (χ0v) is 18.7. The standard InChI is InChI=1S/C22H26FNO7S/c1-16(24-30-14-12-23)21(22(25)26)15-18-5-7-19(8-6-18)29-13-11-17-3-9-20(10-4-17)31-32(2,27)28/h3-10,21H,11-15H2,1-2H3,(H,25,26)/b24-16+. The Morgan fingerprint density at radius 2 is 1.62 bits per heavy atom. The van der Waals surface area contributed by atoms with Crippen molar-refractivity contribution < 1.29 is 36.5 Å². The molecule has 2 aromatic carbocycles. The fourth-order valence-corrected chi connectivity index (χ4v) is 3.25. The van der Waals surface area contributed by atoms with E-state index in [1.165, 1.54) is 6.92 Å². The number of aliphatic carboxylic acids is 1. The summed E-state index contributed by atoms with van der Waals surface area (Å²) < 4.78 is 44.9. The molecule has 0 aliphatic heterocycles. The highest BCUT2D eigenvalue weighted by Crippen LogP contribution is 2.18. The molecule has 0 radical (unpaired) electrons. The molecule has 32 heavy (non-hydrogen) atoms. The monoisotopic (exact) mass is 467 g/mol. The summed E-state index contributed by atoms with van der Waals surface area (Å²) in [4.78, 5) is 16.3. The third-order valence-electron chi connectivity index (χ3n) is 4.37. The number of hydrogen-bond donors (Lipinski definition) is 1. The summed E-state index contributed by atoms with van der Waals surface area (Å²) in [6.45, 7) is 1.03. The van der Waals surface area contributed by atoms with Gasteiger partial charge in [0.05, 0.1) is 18.6 Å². The number of carbonyl (C=O) groups is 1. The van der Waals surface area contributed by atoms with Gasteiger partial charge < -0.3 is 18.9 Å². The molecular weight excluding hydrogens is 441 g/mol. The molecule has 1 N–H and O–H groups in total. The van der Waals surface area contributed by atoms with Gasteiger partial charge in [0, 0.05) is 6.42 Å². The van der Waals surface area contributed by atoms with Gasteiger partial charge in [0.15, 0.2) is 0 Å². The van der Waals surface area contributed by atoms with Crippen LogP contribution in [0.5, 0.6) is 11.5 Å². The van der Waals surface area contributed by atoms with Crippen molar-refractivity contribution >= 4 is 21.8 Å². The quantitative estimate of drug-likeness (QED) is 0.208. The first-order chi connectivity index (χ1) is 15.2. The van der Waals surface area contributed by atoms with Crippen molar-refractivity contribution in [1.29, 1.82) is 0 Å². The predicted molar refractivity (Wildman–Crippen MR) is 117 cm³/mol. The Morgan fingerprint density at radius 3 is 2.19 bits per heavy atom. The second-order valence-electron chi connectivity index (χ2n) is 7.02. The maximum atomic E-state index is 12.1. The van der Waals surface area contributed by atoms with Crippen molar-refractivity contribution in [3.05, 3.63) is 59.7 Å². The SMILES string of the molecule is C/C(=N\OCCF)C(Cc1ccc(OCCc2ccc(OS(C)(=O)=O)cc2)cc1)C(=O)O. The Morgan fingerprint density at radius 1 is 1.03 bits per heavy atom. The second kappa shape index (κ2) is 12.0. The lowest BCUT2D eigenvalue weighted by Crippen LogP contribution is -2.24. The van der Waals surface area contributed by atoms with Crippen LogP contribution >= 0.6 is 0 Å². The molecule has 174 valence electrons. The van der Waals surface area contributed by atoms with E-state index in [1.54, 1.807) is 48.5 Å². The van der Waals surface area contributed by atoms with Crippen molar-refractivity contribution in [2.45, 2.75) is 19.8 Å². The Labute approximate surface area is 186 Å². The van der Waals surface area contributed by atoms with Gasteiger partial charge in [0.25, 0.3) is 0 Å². The van der Waals surface area contributed by atoms with E-state index in [-0.39, 0.29) is 24.5 Å². The first-order valence-electron chi connectivity index (χ1n) is 9.83. The number of halogens is 1. The number of benzene rings is 2. The number of ether oxygens (including phenoxy) is 1. The van der Waals surface area contributed by atoms with E-state index in [0.29, 0.717) is 18.8 Å². The minimum Gasteiger partial charge on any atom is -0.493 e. The largest absolute Gasteiger partial charge is 0.493 e. The Kier molecular flexibility index (Phi) is 9.45. The number of rotatable bonds is 13. The molecule has 0 amide bonds. The highest BCUT2D eigenvalue weighted by molar-refractivity contribution is 7.86. The molecule has 0 aliphatic carbocycles. The van der Waals surface area contributed by atoms with Crippen molar-refractivity contribution in [3.8, 4) is 11.5 Å². The van der Waals surface area contributed by atoms with Gasteiger partial charge in [0.2, 0.25) is 0 Å². The smallest absolute Gasteiger partial charge is 0.312 e. The average Bonchev–Trinajstić information content (AvgIpc) is 2.73. The van der Waals surface area contributed by atoms with E-state index in [0.717, 1.165) is 17.4 Å². The summed E-state index contributed by atoms with van der Waals surface area (Å²) in [7, 11) is -3.55. The maximum Gasteiger partial charge on any atom is 0.312 e. The van der Waals surface area contributed by atoms with Crippen molar-refractivity contribution in [3.63, 3.8) is 0 Å². The van der Waals surface area contributed by atoms with Crippen LogP contribution in [-0.2, 0) is 32.6 Å². The summed E-state index contributed by atoms with van der Waals surface area (Å²) in [6.07, 6.45) is 1.81. The molecule has 0 heterocycles. The zero-order valence-electron chi connectivity index (χ0n) is 17.9. The van der Waals surface area contributed by atoms with E-state index >= 15 is 0 Å². The van der Waals surface area contributed by atoms with Crippen LogP contribution in [0.3, 0.4) is 0 Å². The highest BCUT2D eigenvalue weighted by atomic mass is 32.2. The minimum atomic E-state index is -3.55. The van der Waals surface area contributed by atoms with Crippen LogP contribution in [0.1, 0.15) is 18.1 Å². The van der Waals surface area contributed by atoms with Crippen molar-refractivity contribution in [1.82, 2.24) is 0 Å². The van der Waals surface area contributed by atoms with Gasteiger partial charge in [0.1, 0.15) is 30.7 Å². The summed E-state index contributed by atoms with van der Waals surface area (Å²) in [5.41, 5.74) is 2.00. The lowest BCUT2D eigenvalue weighted by Gasteiger charge is -2.13. The molecular formula is C22H26FNO7S. The summed E-state index contributed by atoms with van der Waals surface area (Å²) >= 11 is 0. The summed E-state index contributed by atoms with van der Waals surface area (Å²) in [5.74, 6) is -1.03. The molecule has 0 aliphatic rings. The van der Waals surface area contributed by atoms with E-state index in [9.17, 15) is 22.7 Å². The zero-order chi connectivity index (χ0) is 23.6. The predicted octanol–water partition coefficient (Wildman–Crippen LogP) is 3.25. The van der Waals surface area contributed by atoms with Crippen molar-refractivity contribution in [2.24, 2.45) is 11.1 Å². The van der Waals surface area contributed by atoms with Crippen LogP contribution in [0.2, 0.25) is 0 Å². The van der Waals surface area contributed by atoms with E-state index in [4.69, 9.17) is 13.8 Å². The number of carboxylic acid groups (broad SMARTS) is 1. The van der Waals surface area contributed by atoms with E-state index in [1.807, 2.05) is 0 Å². The molecule has 2 rings (SSSR count). The molecule has 0 aromatic heterocycles. The van der Waals surface area contributed by atoms with Crippen LogP contribution < -0.4 is 8.92 Å². The first kappa shape index (κ1) is 25.1. The molecule has 1 unspecified atom stereocenters. The third-order valence-corrected chi connectivity index (χ3v) is 4.87. The van der Waals surface area contributed by atoms with Crippen LogP contribution in [0.25, 0.3) is 0 Å². The van der Waals surface area contributed by atoms with Gasteiger partial charge in [-0.3, -0.25) is 4.79 Å². The second-order valence-corrected chi connectivity index (χ2v) is 8.60. The van der Waals surface area contributed by atoms with E-state index < -0.39 is 28.7 Å². The van der Waals surface area contributed by atoms with Crippen LogP contribution in [-0.4, -0.2) is 51.3 Å². The van der Waals surface area contributed by atoms with Gasteiger partial charge in [-0.25, -0.2) is 4.39 Å². The van der Waals surface area contributed by atoms with Gasteiger partial charge in [-0.2, -0.15) is 8.42 Å². The first-order valence-corrected chi connectivity index (χ1v) is 11.6. The Balaban J connectivity index is 1.87. The fraction of sp³-hybridized carbons (Fsp3) is 0.364. The third kappa shape index (κ3) is 8.93. The number of nitrogens with zero attached hydrogens (tertiary/aromatic N) is 1. The maximum absolute atomic E-state index is 12.1. The van der Waals surface area contributed by atoms with Gasteiger partial charge in [-0.1, -0.05) is 29.4 Å². The molecule has 1 atom stereocenters. The van der Waals surface area contributed by atoms with Gasteiger partial charge in [-0.15, -0.1) is 0 Å². The van der Waals surface area contributed by atoms with Crippen LogP contribution in [0.4, 0.5) is 4.39 Å². The van der Waals surface area contributed by atoms with Crippen molar-refractivity contribution in [2.75, 3.05) is 26.1 Å². The molecule has 0 spiro atoms. The number of alkyl halides is 1. The summed E-state index contributed by atoms with van der Waals surface area (Å²) in [6, 6.07) is 13.7. The molecule has 8 nitrogen and oxygen atoms in total. The molecule has 0 fully saturated rings. The highest BCUT2D eigenvalue weighted by Gasteiger charge is 2.22. The minimum absolute atomic E-state index is 0.214. The van der Waals surface area contributed by atoms with Crippen LogP contribution in [0, 0.1) is 5.92 Å². The molecule has 0 saturated heterocycles. The average molecular weight is 468 g/mol. The molecule has 0 bridgehead atoms. The normalized spacial score (nSPS) is 12.8. The molecule has 10 heteroatoms. The molecule has 2 aromatic rings. The lowest BCUT2D eigenvalue weighted by atomic mass is 9.95. The Hall–Kier alpha value is -3.14. The van der Waals surface area contributed by atoms with E-state index in [2.05, 4.69) is 5.16 Å². The lowest BCUT2D eigenvalue weighted by molar-refractivity contribution is -0.139. The number of hydrogen-bond acceptors (Lipinski definition) is 7. The van der Waals surface area contributed by atoms with Crippen LogP contribution in [0.15, 0.2) is 53.7 Å². The number of oxime groups is 1. The summed E-state index contributed by atoms with van der Waals surface area (Å²) in [5, 5.41) is 13.1. The topological polar surface area (TPSA) is 111 Å². The molecule has 0 saturated carbocycles. The van der Waals surface area contributed by atoms with Gasteiger partial charge >= 0.3 is 16.1 Å². The fourth-order valence-electron chi connectivity index (χ4n) is 2.79. The Bertz CT molecular complexity index is 1010. The number of carboxylic acids is 1. The van der Waals surface area contributed by atoms with Gasteiger partial charge in [-0.05, 0) is 48.7 Å².